The molecule has 6 aromatic rings. The molecule has 0 heterocycles. The minimum absolute atomic E-state index is 0.725. The molecule has 6 aromatic carbocycles. The lowest BCUT2D eigenvalue weighted by Gasteiger charge is -2.37. The minimum Gasteiger partial charge on any atom is -0.427 e. The highest BCUT2D eigenvalue weighted by molar-refractivity contribution is 7.79. The summed E-state index contributed by atoms with van der Waals surface area (Å²) in [7, 11) is 1.12. The van der Waals surface area contributed by atoms with Gasteiger partial charge in [0.05, 0.1) is 11.2 Å². The standard InChI is InChI=1S/C38H35BO2P/c1-37(2,40)38(3,4)41-39-36-33-24-13-11-22-31(33)35(32-23-12-14-25-34(32)36)27-16-15-21-30(26-27)42(28-17-7-5-8-18-28)29-19-9-6-10-20-29/h5-26,40H,1-4H3. The summed E-state index contributed by atoms with van der Waals surface area (Å²) in [5, 5.41) is 19.3. The van der Waals surface area contributed by atoms with Crippen LogP contribution in [0.15, 0.2) is 133 Å². The molecular formula is C38H35BO2P. The summed E-state index contributed by atoms with van der Waals surface area (Å²) >= 11 is 0. The molecule has 1 N–H and O–H groups in total. The van der Waals surface area contributed by atoms with Crippen LogP contribution in [0, 0.1) is 0 Å². The van der Waals surface area contributed by atoms with Gasteiger partial charge in [0.15, 0.2) is 0 Å². The summed E-state index contributed by atoms with van der Waals surface area (Å²) < 4.78 is 6.32. The van der Waals surface area contributed by atoms with Crippen LogP contribution in [0.4, 0.5) is 0 Å². The predicted octanol–water partition coefficient (Wildman–Crippen LogP) is 7.23. The number of fused-ring (bicyclic) bond motifs is 2. The zero-order valence-electron chi connectivity index (χ0n) is 24.6. The maximum Gasteiger partial charge on any atom is 0.332 e. The normalized spacial score (nSPS) is 12.2. The molecule has 0 saturated heterocycles. The summed E-state index contributed by atoms with van der Waals surface area (Å²) in [6.45, 7) is 7.41. The number of aliphatic hydroxyl groups is 1. The van der Waals surface area contributed by atoms with Gasteiger partial charge >= 0.3 is 7.48 Å². The maximum atomic E-state index is 10.7. The van der Waals surface area contributed by atoms with Gasteiger partial charge in [-0.25, -0.2) is 0 Å². The molecule has 0 amide bonds. The van der Waals surface area contributed by atoms with Gasteiger partial charge in [-0.1, -0.05) is 127 Å². The van der Waals surface area contributed by atoms with Crippen molar-refractivity contribution in [2.45, 2.75) is 38.9 Å². The molecule has 1 radical (unpaired) electrons. The van der Waals surface area contributed by atoms with Crippen LogP contribution in [0.25, 0.3) is 32.7 Å². The van der Waals surface area contributed by atoms with Crippen LogP contribution in [-0.4, -0.2) is 23.8 Å². The van der Waals surface area contributed by atoms with Gasteiger partial charge in [0.2, 0.25) is 0 Å². The zero-order valence-corrected chi connectivity index (χ0v) is 25.5. The Morgan fingerprint density at radius 3 is 1.50 bits per heavy atom. The van der Waals surface area contributed by atoms with Crippen molar-refractivity contribution in [3.05, 3.63) is 133 Å². The number of rotatable bonds is 8. The van der Waals surface area contributed by atoms with Gasteiger partial charge in [-0.2, -0.15) is 0 Å². The van der Waals surface area contributed by atoms with E-state index in [-0.39, 0.29) is 0 Å². The Kier molecular flexibility index (Phi) is 7.77. The number of benzene rings is 6. The number of hydrogen-bond donors (Lipinski definition) is 1. The molecule has 4 heteroatoms. The molecule has 0 unspecified atom stereocenters. The van der Waals surface area contributed by atoms with Gasteiger partial charge in [0.25, 0.3) is 0 Å². The van der Waals surface area contributed by atoms with Crippen LogP contribution in [0.3, 0.4) is 0 Å². The molecule has 0 aliphatic heterocycles. The van der Waals surface area contributed by atoms with E-state index in [2.05, 4.69) is 133 Å². The van der Waals surface area contributed by atoms with E-state index >= 15 is 0 Å². The van der Waals surface area contributed by atoms with Gasteiger partial charge in [0.1, 0.15) is 0 Å². The summed E-state index contributed by atoms with van der Waals surface area (Å²) in [4.78, 5) is 0. The Hall–Kier alpha value is -3.75. The zero-order chi connectivity index (χ0) is 29.3. The third-order valence-electron chi connectivity index (χ3n) is 8.34. The van der Waals surface area contributed by atoms with Crippen molar-refractivity contribution < 1.29 is 9.76 Å². The Labute approximate surface area is 251 Å². The second-order valence-corrected chi connectivity index (χ2v) is 14.0. The Morgan fingerprint density at radius 1 is 0.548 bits per heavy atom. The quantitative estimate of drug-likeness (QED) is 0.120. The molecule has 0 fully saturated rings. The maximum absolute atomic E-state index is 10.7. The average Bonchev–Trinajstić information content (AvgIpc) is 3.00. The molecule has 6 rings (SSSR count). The highest BCUT2D eigenvalue weighted by Crippen LogP contribution is 2.38. The monoisotopic (exact) mass is 565 g/mol. The molecule has 42 heavy (non-hydrogen) atoms. The molecule has 0 saturated carbocycles. The van der Waals surface area contributed by atoms with Crippen molar-refractivity contribution in [2.75, 3.05) is 0 Å². The Balaban J connectivity index is 1.54. The molecule has 207 valence electrons. The molecule has 0 aliphatic carbocycles. The highest BCUT2D eigenvalue weighted by Gasteiger charge is 2.36. The lowest BCUT2D eigenvalue weighted by molar-refractivity contribution is -0.0892. The van der Waals surface area contributed by atoms with E-state index in [9.17, 15) is 5.11 Å². The first-order valence-corrected chi connectivity index (χ1v) is 15.8. The van der Waals surface area contributed by atoms with Crippen LogP contribution in [0.1, 0.15) is 27.7 Å². The van der Waals surface area contributed by atoms with E-state index in [1.807, 2.05) is 21.3 Å². The Morgan fingerprint density at radius 2 is 1.00 bits per heavy atom. The van der Waals surface area contributed by atoms with Crippen molar-refractivity contribution in [3.8, 4) is 11.1 Å². The largest absolute Gasteiger partial charge is 0.427 e. The SMILES string of the molecule is CC(C)(O)C(C)(C)O[B]c1c2ccccc2c(-c2cccc(P(c3ccccc3)c3ccccc3)c2)c2ccccc12. The predicted molar refractivity (Wildman–Crippen MR) is 182 cm³/mol. The van der Waals surface area contributed by atoms with Crippen molar-refractivity contribution in [3.63, 3.8) is 0 Å². The first-order chi connectivity index (χ1) is 20.2. The fraction of sp³-hybridized carbons (Fsp3) is 0.158. The van der Waals surface area contributed by atoms with Crippen LogP contribution >= 0.6 is 7.92 Å². The van der Waals surface area contributed by atoms with E-state index in [1.54, 1.807) is 13.8 Å². The van der Waals surface area contributed by atoms with Crippen molar-refractivity contribution >= 4 is 58.3 Å². The van der Waals surface area contributed by atoms with Crippen LogP contribution in [0.5, 0.6) is 0 Å². The number of hydrogen-bond acceptors (Lipinski definition) is 2. The average molecular weight is 565 g/mol. The van der Waals surface area contributed by atoms with E-state index in [0.717, 1.165) is 16.2 Å². The van der Waals surface area contributed by atoms with Crippen molar-refractivity contribution in [2.24, 2.45) is 0 Å². The van der Waals surface area contributed by atoms with Crippen LogP contribution in [-0.2, 0) is 4.65 Å². The van der Waals surface area contributed by atoms with Gasteiger partial charge in [0, 0.05) is 0 Å². The third-order valence-corrected chi connectivity index (χ3v) is 10.8. The molecule has 0 aliphatic rings. The summed E-state index contributed by atoms with van der Waals surface area (Å²) in [6.07, 6.45) is 0. The fourth-order valence-electron chi connectivity index (χ4n) is 5.35. The first-order valence-electron chi connectivity index (χ1n) is 14.4. The van der Waals surface area contributed by atoms with Gasteiger partial charge in [-0.3, -0.25) is 0 Å². The van der Waals surface area contributed by atoms with E-state index in [4.69, 9.17) is 4.65 Å². The smallest absolute Gasteiger partial charge is 0.332 e. The topological polar surface area (TPSA) is 29.5 Å². The molecule has 0 aromatic heterocycles. The van der Waals surface area contributed by atoms with Gasteiger partial charge in [-0.15, -0.1) is 0 Å². The lowest BCUT2D eigenvalue weighted by Crippen LogP contribution is -2.49. The first kappa shape index (κ1) is 28.4. The van der Waals surface area contributed by atoms with Crippen molar-refractivity contribution in [1.29, 1.82) is 0 Å². The summed E-state index contributed by atoms with van der Waals surface area (Å²) in [5.74, 6) is 0. The second kappa shape index (κ2) is 11.5. The lowest BCUT2D eigenvalue weighted by atomic mass is 9.75. The highest BCUT2D eigenvalue weighted by atomic mass is 31.1. The summed E-state index contributed by atoms with van der Waals surface area (Å²) in [6, 6.07) is 47.9. The Bertz CT molecular complexity index is 1750. The molecular weight excluding hydrogens is 530 g/mol. The molecule has 0 atom stereocenters. The van der Waals surface area contributed by atoms with E-state index < -0.39 is 19.1 Å². The van der Waals surface area contributed by atoms with Gasteiger partial charge in [-0.05, 0) is 95.7 Å². The van der Waals surface area contributed by atoms with E-state index in [0.29, 0.717) is 0 Å². The van der Waals surface area contributed by atoms with Gasteiger partial charge < -0.3 is 9.76 Å². The van der Waals surface area contributed by atoms with Crippen LogP contribution < -0.4 is 21.4 Å². The minimum atomic E-state index is -1.01. The van der Waals surface area contributed by atoms with Crippen molar-refractivity contribution in [1.82, 2.24) is 0 Å². The molecule has 0 bridgehead atoms. The second-order valence-electron chi connectivity index (χ2n) is 11.7. The molecule has 2 nitrogen and oxygen atoms in total. The van der Waals surface area contributed by atoms with Crippen LogP contribution in [0.2, 0.25) is 0 Å². The third kappa shape index (κ3) is 5.41. The van der Waals surface area contributed by atoms with E-state index in [1.165, 1.54) is 37.8 Å². The summed E-state index contributed by atoms with van der Waals surface area (Å²) in [5.41, 5.74) is 1.66. The molecule has 0 spiro atoms. The fourth-order valence-corrected chi connectivity index (χ4v) is 7.69.